The summed E-state index contributed by atoms with van der Waals surface area (Å²) in [5.74, 6) is 0. The Labute approximate surface area is 92.4 Å². The van der Waals surface area contributed by atoms with E-state index < -0.39 is 9.84 Å². The Balaban J connectivity index is 2.34. The van der Waals surface area contributed by atoms with Crippen molar-refractivity contribution in [1.29, 1.82) is 0 Å². The highest BCUT2D eigenvalue weighted by molar-refractivity contribution is 9.10. The highest BCUT2D eigenvalue weighted by Crippen LogP contribution is 2.31. The molecule has 0 N–H and O–H groups in total. The van der Waals surface area contributed by atoms with Gasteiger partial charge < -0.3 is 0 Å². The number of hydrogen-bond donors (Lipinski definition) is 0. The molecule has 0 atom stereocenters. The molecule has 0 radical (unpaired) electrons. The molecule has 0 spiro atoms. The van der Waals surface area contributed by atoms with Crippen molar-refractivity contribution in [3.63, 3.8) is 0 Å². The lowest BCUT2D eigenvalue weighted by atomic mass is 10.00. The molecule has 1 aliphatic rings. The van der Waals surface area contributed by atoms with Crippen molar-refractivity contribution in [2.75, 3.05) is 0 Å². The zero-order valence-corrected chi connectivity index (χ0v) is 10.0. The van der Waals surface area contributed by atoms with E-state index in [1.165, 1.54) is 0 Å². The monoisotopic (exact) mass is 274 g/mol. The van der Waals surface area contributed by atoms with Gasteiger partial charge in [0.1, 0.15) is 0 Å². The van der Waals surface area contributed by atoms with Crippen LogP contribution in [-0.4, -0.2) is 13.7 Å². The van der Waals surface area contributed by atoms with Crippen LogP contribution in [0.15, 0.2) is 33.6 Å². The van der Waals surface area contributed by atoms with Crippen LogP contribution in [0, 0.1) is 0 Å². The van der Waals surface area contributed by atoms with Crippen LogP contribution < -0.4 is 0 Å². The maximum absolute atomic E-state index is 11.9. The third kappa shape index (κ3) is 1.73. The first-order valence-corrected chi connectivity index (χ1v) is 6.94. The van der Waals surface area contributed by atoms with Crippen molar-refractivity contribution in [1.82, 2.24) is 0 Å². The van der Waals surface area contributed by atoms with E-state index in [1.807, 2.05) is 0 Å². The molecule has 1 aliphatic carbocycles. The summed E-state index contributed by atoms with van der Waals surface area (Å²) in [7, 11) is -3.04. The smallest absolute Gasteiger partial charge is 0.181 e. The summed E-state index contributed by atoms with van der Waals surface area (Å²) in [5, 5.41) is -0.135. The van der Waals surface area contributed by atoms with E-state index in [-0.39, 0.29) is 5.25 Å². The Bertz CT molecular complexity index is 418. The summed E-state index contributed by atoms with van der Waals surface area (Å²) >= 11 is 3.29. The minimum absolute atomic E-state index is 0.135. The van der Waals surface area contributed by atoms with Crippen molar-refractivity contribution in [3.05, 3.63) is 28.7 Å². The summed E-state index contributed by atoms with van der Waals surface area (Å²) in [6.07, 6.45) is 2.68. The van der Waals surface area contributed by atoms with Crippen LogP contribution in [-0.2, 0) is 9.84 Å². The van der Waals surface area contributed by atoms with Crippen molar-refractivity contribution in [3.8, 4) is 0 Å². The summed E-state index contributed by atoms with van der Waals surface area (Å²) in [6, 6.07) is 6.87. The second-order valence-electron chi connectivity index (χ2n) is 3.55. The van der Waals surface area contributed by atoms with E-state index in [0.29, 0.717) is 4.90 Å². The average Bonchev–Trinajstić information content (AvgIpc) is 2.00. The summed E-state index contributed by atoms with van der Waals surface area (Å²) in [5.41, 5.74) is 0. The fraction of sp³-hybridized carbons (Fsp3) is 0.400. The minimum Gasteiger partial charge on any atom is -0.223 e. The molecule has 76 valence electrons. The molecule has 0 saturated heterocycles. The molecular weight excluding hydrogens is 264 g/mol. The van der Waals surface area contributed by atoms with Crippen molar-refractivity contribution < 1.29 is 8.42 Å². The first-order chi connectivity index (χ1) is 6.60. The lowest BCUT2D eigenvalue weighted by molar-refractivity contribution is 0.477. The molecule has 1 fully saturated rings. The molecule has 0 amide bonds. The fourth-order valence-corrected chi connectivity index (χ4v) is 3.62. The van der Waals surface area contributed by atoms with Gasteiger partial charge in [0.15, 0.2) is 9.84 Å². The Morgan fingerprint density at radius 3 is 2.14 bits per heavy atom. The van der Waals surface area contributed by atoms with Gasteiger partial charge in [-0.25, -0.2) is 8.42 Å². The van der Waals surface area contributed by atoms with Gasteiger partial charge in [-0.3, -0.25) is 0 Å². The van der Waals surface area contributed by atoms with E-state index in [1.54, 1.807) is 24.3 Å². The van der Waals surface area contributed by atoms with Crippen molar-refractivity contribution in [2.45, 2.75) is 29.4 Å². The molecule has 0 unspecified atom stereocenters. The number of benzene rings is 1. The van der Waals surface area contributed by atoms with E-state index in [2.05, 4.69) is 15.9 Å². The van der Waals surface area contributed by atoms with Crippen LogP contribution in [0.5, 0.6) is 0 Å². The molecule has 1 aromatic rings. The predicted molar refractivity (Wildman–Crippen MR) is 59.0 cm³/mol. The van der Waals surface area contributed by atoms with Gasteiger partial charge in [0.2, 0.25) is 0 Å². The molecule has 0 aromatic heterocycles. The zero-order valence-electron chi connectivity index (χ0n) is 7.61. The molecule has 1 saturated carbocycles. The molecular formula is C10H11BrO2S. The third-order valence-corrected chi connectivity index (χ3v) is 5.44. The first kappa shape index (κ1) is 10.2. The van der Waals surface area contributed by atoms with Gasteiger partial charge in [-0.05, 0) is 37.1 Å². The average molecular weight is 275 g/mol. The van der Waals surface area contributed by atoms with Gasteiger partial charge >= 0.3 is 0 Å². The molecule has 0 heterocycles. The summed E-state index contributed by atoms with van der Waals surface area (Å²) < 4.78 is 24.7. The van der Waals surface area contributed by atoms with Crippen LogP contribution in [0.25, 0.3) is 0 Å². The lowest BCUT2D eigenvalue weighted by Crippen LogP contribution is -2.28. The highest BCUT2D eigenvalue weighted by Gasteiger charge is 2.32. The lowest BCUT2D eigenvalue weighted by Gasteiger charge is -2.25. The van der Waals surface area contributed by atoms with Gasteiger partial charge in [-0.1, -0.05) is 22.4 Å². The highest BCUT2D eigenvalue weighted by atomic mass is 79.9. The van der Waals surface area contributed by atoms with Crippen molar-refractivity contribution >= 4 is 25.8 Å². The van der Waals surface area contributed by atoms with Gasteiger partial charge in [0, 0.05) is 4.47 Å². The predicted octanol–water partition coefficient (Wildman–Crippen LogP) is 2.78. The molecule has 2 nitrogen and oxygen atoms in total. The van der Waals surface area contributed by atoms with Crippen LogP contribution in [0.3, 0.4) is 0 Å². The molecule has 4 heteroatoms. The zero-order chi connectivity index (χ0) is 10.2. The number of hydrogen-bond acceptors (Lipinski definition) is 2. The normalized spacial score (nSPS) is 17.8. The van der Waals surface area contributed by atoms with E-state index in [9.17, 15) is 8.42 Å². The van der Waals surface area contributed by atoms with Crippen LogP contribution in [0.2, 0.25) is 0 Å². The molecule has 1 aromatic carbocycles. The van der Waals surface area contributed by atoms with Gasteiger partial charge in [-0.15, -0.1) is 0 Å². The molecule has 14 heavy (non-hydrogen) atoms. The standard InChI is InChI=1S/C10H11BrO2S/c11-8-4-6-10(7-5-8)14(12,13)9-2-1-3-9/h4-7,9H,1-3H2. The van der Waals surface area contributed by atoms with E-state index >= 15 is 0 Å². The largest absolute Gasteiger partial charge is 0.223 e. The number of rotatable bonds is 2. The molecule has 0 bridgehead atoms. The topological polar surface area (TPSA) is 34.1 Å². The second-order valence-corrected chi connectivity index (χ2v) is 6.70. The number of sulfone groups is 1. The quantitative estimate of drug-likeness (QED) is 0.831. The maximum atomic E-state index is 11.9. The SMILES string of the molecule is O=S(=O)(c1ccc(Br)cc1)C1CCC1. The summed E-state index contributed by atoms with van der Waals surface area (Å²) in [6.45, 7) is 0. The number of halogens is 1. The van der Waals surface area contributed by atoms with E-state index in [4.69, 9.17) is 0 Å². The van der Waals surface area contributed by atoms with Crippen LogP contribution >= 0.6 is 15.9 Å². The van der Waals surface area contributed by atoms with Crippen molar-refractivity contribution in [2.24, 2.45) is 0 Å². The van der Waals surface area contributed by atoms with Gasteiger partial charge in [0.05, 0.1) is 10.1 Å². The fourth-order valence-electron chi connectivity index (χ4n) is 1.50. The third-order valence-electron chi connectivity index (χ3n) is 2.63. The van der Waals surface area contributed by atoms with Crippen LogP contribution in [0.4, 0.5) is 0 Å². The Hall–Kier alpha value is -0.350. The maximum Gasteiger partial charge on any atom is 0.181 e. The summed E-state index contributed by atoms with van der Waals surface area (Å²) in [4.78, 5) is 0.449. The van der Waals surface area contributed by atoms with Gasteiger partial charge in [-0.2, -0.15) is 0 Å². The minimum atomic E-state index is -3.04. The van der Waals surface area contributed by atoms with E-state index in [0.717, 1.165) is 23.7 Å². The Kier molecular flexibility index (Phi) is 2.66. The second kappa shape index (κ2) is 3.66. The first-order valence-electron chi connectivity index (χ1n) is 4.60. The molecule has 2 rings (SSSR count). The Morgan fingerprint density at radius 1 is 1.14 bits per heavy atom. The van der Waals surface area contributed by atoms with Gasteiger partial charge in [0.25, 0.3) is 0 Å². The van der Waals surface area contributed by atoms with Crippen LogP contribution in [0.1, 0.15) is 19.3 Å². The molecule has 0 aliphatic heterocycles. The Morgan fingerprint density at radius 2 is 1.71 bits per heavy atom.